The number of benzene rings is 1. The summed E-state index contributed by atoms with van der Waals surface area (Å²) in [7, 11) is 0. The molecule has 0 radical (unpaired) electrons. The highest BCUT2D eigenvalue weighted by molar-refractivity contribution is 5.19. The third kappa shape index (κ3) is 5.20. The van der Waals surface area contributed by atoms with E-state index in [1.165, 1.54) is 0 Å². The molecule has 1 aromatic carbocycles. The molecular weight excluding hydrogens is 255 g/mol. The third-order valence-corrected chi connectivity index (χ3v) is 2.73. The van der Waals surface area contributed by atoms with Crippen LogP contribution in [0.5, 0.6) is 0 Å². The standard InChI is InChI=1S/C14H20F3NO/c1-9(2)6-14(3,19)8-18-7-10-4-11(15)13(17)12(16)5-10/h4-5,9,18-19H,6-8H2,1-3H3. The normalized spacial score (nSPS) is 14.7. The predicted molar refractivity (Wildman–Crippen MR) is 68.1 cm³/mol. The van der Waals surface area contributed by atoms with Gasteiger partial charge in [-0.2, -0.15) is 0 Å². The number of hydrogen-bond donors (Lipinski definition) is 2. The third-order valence-electron chi connectivity index (χ3n) is 2.73. The van der Waals surface area contributed by atoms with Crippen LogP contribution in [0.25, 0.3) is 0 Å². The van der Waals surface area contributed by atoms with Crippen molar-refractivity contribution in [2.45, 2.75) is 39.3 Å². The lowest BCUT2D eigenvalue weighted by molar-refractivity contribution is 0.0383. The largest absolute Gasteiger partial charge is 0.389 e. The molecule has 0 aliphatic heterocycles. The molecule has 0 aromatic heterocycles. The number of hydrogen-bond acceptors (Lipinski definition) is 2. The number of rotatable bonds is 6. The monoisotopic (exact) mass is 275 g/mol. The summed E-state index contributed by atoms with van der Waals surface area (Å²) in [4.78, 5) is 0. The lowest BCUT2D eigenvalue weighted by Gasteiger charge is -2.25. The van der Waals surface area contributed by atoms with Crippen molar-refractivity contribution in [1.29, 1.82) is 0 Å². The van der Waals surface area contributed by atoms with Gasteiger partial charge in [-0.3, -0.25) is 0 Å². The van der Waals surface area contributed by atoms with E-state index in [1.807, 2.05) is 13.8 Å². The van der Waals surface area contributed by atoms with Gasteiger partial charge in [0.2, 0.25) is 0 Å². The van der Waals surface area contributed by atoms with Crippen LogP contribution in [0.15, 0.2) is 12.1 Å². The molecule has 0 spiro atoms. The van der Waals surface area contributed by atoms with Gasteiger partial charge in [0.15, 0.2) is 17.5 Å². The van der Waals surface area contributed by atoms with Crippen LogP contribution in [0, 0.1) is 23.4 Å². The van der Waals surface area contributed by atoms with E-state index >= 15 is 0 Å². The summed E-state index contributed by atoms with van der Waals surface area (Å²) in [5, 5.41) is 13.0. The molecule has 0 saturated heterocycles. The Kier molecular flexibility index (Phi) is 5.38. The minimum atomic E-state index is -1.46. The van der Waals surface area contributed by atoms with Gasteiger partial charge < -0.3 is 10.4 Å². The van der Waals surface area contributed by atoms with E-state index in [2.05, 4.69) is 5.32 Å². The Morgan fingerprint density at radius 1 is 1.21 bits per heavy atom. The second kappa shape index (κ2) is 6.39. The van der Waals surface area contributed by atoms with E-state index in [1.54, 1.807) is 6.92 Å². The van der Waals surface area contributed by atoms with Gasteiger partial charge in [0.25, 0.3) is 0 Å². The van der Waals surface area contributed by atoms with Gasteiger partial charge in [-0.05, 0) is 37.0 Å². The molecule has 0 aliphatic carbocycles. The van der Waals surface area contributed by atoms with E-state index in [0.29, 0.717) is 24.4 Å². The van der Waals surface area contributed by atoms with Crippen LogP contribution < -0.4 is 5.32 Å². The fourth-order valence-corrected chi connectivity index (χ4v) is 2.14. The van der Waals surface area contributed by atoms with Crippen LogP contribution in [-0.2, 0) is 6.54 Å². The molecule has 0 bridgehead atoms. The molecule has 1 rings (SSSR count). The summed E-state index contributed by atoms with van der Waals surface area (Å²) in [6.07, 6.45) is 0.617. The van der Waals surface area contributed by atoms with Crippen LogP contribution in [0.1, 0.15) is 32.8 Å². The first-order valence-electron chi connectivity index (χ1n) is 6.28. The zero-order valence-electron chi connectivity index (χ0n) is 11.4. The first-order chi connectivity index (χ1) is 8.71. The van der Waals surface area contributed by atoms with Crippen LogP contribution in [0.3, 0.4) is 0 Å². The zero-order chi connectivity index (χ0) is 14.6. The maximum absolute atomic E-state index is 13.0. The summed E-state index contributed by atoms with van der Waals surface area (Å²) in [6.45, 7) is 6.17. The lowest BCUT2D eigenvalue weighted by Crippen LogP contribution is -2.38. The summed E-state index contributed by atoms with van der Waals surface area (Å²) >= 11 is 0. The summed E-state index contributed by atoms with van der Waals surface area (Å²) in [5.41, 5.74) is -0.581. The van der Waals surface area contributed by atoms with Crippen molar-refractivity contribution in [3.63, 3.8) is 0 Å². The Morgan fingerprint density at radius 3 is 2.21 bits per heavy atom. The van der Waals surface area contributed by atoms with Crippen molar-refractivity contribution < 1.29 is 18.3 Å². The quantitative estimate of drug-likeness (QED) is 0.782. The summed E-state index contributed by atoms with van der Waals surface area (Å²) < 4.78 is 38.7. The zero-order valence-corrected chi connectivity index (χ0v) is 11.4. The molecule has 0 amide bonds. The van der Waals surface area contributed by atoms with Gasteiger partial charge in [-0.15, -0.1) is 0 Å². The summed E-state index contributed by atoms with van der Waals surface area (Å²) in [5.74, 6) is -3.52. The highest BCUT2D eigenvalue weighted by Gasteiger charge is 2.21. The molecule has 1 unspecified atom stereocenters. The minimum Gasteiger partial charge on any atom is -0.389 e. The fraction of sp³-hybridized carbons (Fsp3) is 0.571. The van der Waals surface area contributed by atoms with E-state index < -0.39 is 23.1 Å². The molecule has 5 heteroatoms. The number of aliphatic hydroxyl groups is 1. The molecule has 2 nitrogen and oxygen atoms in total. The van der Waals surface area contributed by atoms with E-state index in [0.717, 1.165) is 12.1 Å². The molecule has 1 aromatic rings. The van der Waals surface area contributed by atoms with E-state index in [9.17, 15) is 18.3 Å². The Balaban J connectivity index is 2.54. The smallest absolute Gasteiger partial charge is 0.194 e. The predicted octanol–water partition coefficient (Wildman–Crippen LogP) is 2.99. The second-order valence-corrected chi connectivity index (χ2v) is 5.57. The van der Waals surface area contributed by atoms with Crippen LogP contribution in [0.2, 0.25) is 0 Å². The topological polar surface area (TPSA) is 32.3 Å². The van der Waals surface area contributed by atoms with E-state index in [-0.39, 0.29) is 6.54 Å². The molecule has 2 N–H and O–H groups in total. The molecule has 0 saturated carbocycles. The van der Waals surface area contributed by atoms with Crippen molar-refractivity contribution in [3.8, 4) is 0 Å². The Morgan fingerprint density at radius 2 is 1.74 bits per heavy atom. The molecule has 0 heterocycles. The van der Waals surface area contributed by atoms with Gasteiger partial charge in [0.05, 0.1) is 5.60 Å². The lowest BCUT2D eigenvalue weighted by atomic mass is 9.94. The Bertz CT molecular complexity index is 410. The van der Waals surface area contributed by atoms with Gasteiger partial charge in [-0.1, -0.05) is 13.8 Å². The Hall–Kier alpha value is -1.07. The SMILES string of the molecule is CC(C)CC(C)(O)CNCc1cc(F)c(F)c(F)c1. The average Bonchev–Trinajstić information content (AvgIpc) is 2.23. The highest BCUT2D eigenvalue weighted by Crippen LogP contribution is 2.16. The average molecular weight is 275 g/mol. The van der Waals surface area contributed by atoms with Crippen LogP contribution >= 0.6 is 0 Å². The maximum Gasteiger partial charge on any atom is 0.194 e. The molecule has 0 aliphatic rings. The number of nitrogens with one attached hydrogen (secondary N) is 1. The summed E-state index contributed by atoms with van der Waals surface area (Å²) in [6, 6.07) is 1.89. The van der Waals surface area contributed by atoms with Crippen molar-refractivity contribution >= 4 is 0 Å². The minimum absolute atomic E-state index is 0.169. The molecular formula is C14H20F3NO. The van der Waals surface area contributed by atoms with Gasteiger partial charge >= 0.3 is 0 Å². The molecule has 108 valence electrons. The van der Waals surface area contributed by atoms with E-state index in [4.69, 9.17) is 0 Å². The molecule has 0 fully saturated rings. The maximum atomic E-state index is 13.0. The first kappa shape index (κ1) is 16.0. The van der Waals surface area contributed by atoms with Crippen LogP contribution in [-0.4, -0.2) is 17.3 Å². The van der Waals surface area contributed by atoms with Crippen molar-refractivity contribution in [3.05, 3.63) is 35.1 Å². The van der Waals surface area contributed by atoms with Crippen molar-refractivity contribution in [2.75, 3.05) is 6.54 Å². The Labute approximate surface area is 111 Å². The van der Waals surface area contributed by atoms with Crippen LogP contribution in [0.4, 0.5) is 13.2 Å². The van der Waals surface area contributed by atoms with Crippen molar-refractivity contribution in [2.24, 2.45) is 5.92 Å². The van der Waals surface area contributed by atoms with Crippen molar-refractivity contribution in [1.82, 2.24) is 5.32 Å². The highest BCUT2D eigenvalue weighted by atomic mass is 19.2. The van der Waals surface area contributed by atoms with Gasteiger partial charge in [0.1, 0.15) is 0 Å². The van der Waals surface area contributed by atoms with Gasteiger partial charge in [-0.25, -0.2) is 13.2 Å². The molecule has 19 heavy (non-hydrogen) atoms. The fourth-order valence-electron chi connectivity index (χ4n) is 2.14. The molecule has 1 atom stereocenters. The van der Waals surface area contributed by atoms with Gasteiger partial charge in [0, 0.05) is 13.1 Å². The number of halogens is 3. The first-order valence-corrected chi connectivity index (χ1v) is 6.28. The second-order valence-electron chi connectivity index (χ2n) is 5.57.